The SMILES string of the molecule is CCCC(F)C(N)=CC(=O)OC. The van der Waals surface area contributed by atoms with E-state index in [0.29, 0.717) is 12.8 Å². The van der Waals surface area contributed by atoms with Crippen LogP contribution in [0.5, 0.6) is 0 Å². The lowest BCUT2D eigenvalue weighted by Gasteiger charge is -2.05. The van der Waals surface area contributed by atoms with Crippen LogP contribution in [0.2, 0.25) is 0 Å². The molecule has 0 aromatic rings. The lowest BCUT2D eigenvalue weighted by molar-refractivity contribution is -0.134. The Morgan fingerprint density at radius 2 is 2.33 bits per heavy atom. The highest BCUT2D eigenvalue weighted by Gasteiger charge is 2.09. The van der Waals surface area contributed by atoms with Crippen molar-refractivity contribution in [1.82, 2.24) is 0 Å². The van der Waals surface area contributed by atoms with Crippen LogP contribution in [0.4, 0.5) is 4.39 Å². The number of carbonyl (C=O) groups excluding carboxylic acids is 1. The lowest BCUT2D eigenvalue weighted by atomic mass is 10.2. The summed E-state index contributed by atoms with van der Waals surface area (Å²) in [5, 5.41) is 0. The van der Waals surface area contributed by atoms with Crippen LogP contribution >= 0.6 is 0 Å². The quantitative estimate of drug-likeness (QED) is 0.515. The summed E-state index contributed by atoms with van der Waals surface area (Å²) in [5.41, 5.74) is 5.20. The van der Waals surface area contributed by atoms with E-state index in [9.17, 15) is 9.18 Å². The number of ether oxygens (including phenoxy) is 1. The third kappa shape index (κ3) is 3.95. The Bertz CT molecular complexity index is 180. The standard InChI is InChI=1S/C8H14FNO2/c1-3-4-6(9)7(10)5-8(11)12-2/h5-6H,3-4,10H2,1-2H3. The van der Waals surface area contributed by atoms with Gasteiger partial charge in [-0.2, -0.15) is 0 Å². The lowest BCUT2D eigenvalue weighted by Crippen LogP contribution is -2.14. The van der Waals surface area contributed by atoms with Crippen LogP contribution in [0.3, 0.4) is 0 Å². The summed E-state index contributed by atoms with van der Waals surface area (Å²) < 4.78 is 17.2. The maximum Gasteiger partial charge on any atom is 0.332 e. The fraction of sp³-hybridized carbons (Fsp3) is 0.625. The van der Waals surface area contributed by atoms with E-state index in [-0.39, 0.29) is 5.70 Å². The number of hydrogen-bond acceptors (Lipinski definition) is 3. The van der Waals surface area contributed by atoms with E-state index >= 15 is 0 Å². The van der Waals surface area contributed by atoms with E-state index < -0.39 is 12.1 Å². The molecule has 0 spiro atoms. The van der Waals surface area contributed by atoms with Crippen molar-refractivity contribution in [2.45, 2.75) is 25.9 Å². The van der Waals surface area contributed by atoms with Gasteiger partial charge in [0, 0.05) is 6.08 Å². The topological polar surface area (TPSA) is 52.3 Å². The summed E-state index contributed by atoms with van der Waals surface area (Å²) >= 11 is 0. The van der Waals surface area contributed by atoms with Gasteiger partial charge in [-0.25, -0.2) is 9.18 Å². The van der Waals surface area contributed by atoms with E-state index in [1.165, 1.54) is 7.11 Å². The van der Waals surface area contributed by atoms with Crippen molar-refractivity contribution < 1.29 is 13.9 Å². The highest BCUT2D eigenvalue weighted by Crippen LogP contribution is 2.07. The molecule has 0 aliphatic carbocycles. The zero-order valence-corrected chi connectivity index (χ0v) is 7.34. The largest absolute Gasteiger partial charge is 0.466 e. The molecular weight excluding hydrogens is 161 g/mol. The van der Waals surface area contributed by atoms with Gasteiger partial charge in [-0.15, -0.1) is 0 Å². The first-order chi connectivity index (χ1) is 5.61. The zero-order valence-electron chi connectivity index (χ0n) is 7.34. The Balaban J connectivity index is 4.06. The molecule has 1 atom stereocenters. The van der Waals surface area contributed by atoms with Crippen LogP contribution < -0.4 is 5.73 Å². The molecular formula is C8H14FNO2. The first kappa shape index (κ1) is 10.9. The second-order valence-electron chi connectivity index (χ2n) is 2.42. The molecule has 0 aliphatic heterocycles. The number of nitrogens with two attached hydrogens (primary N) is 1. The molecule has 2 N–H and O–H groups in total. The molecule has 0 bridgehead atoms. The normalized spacial score (nSPS) is 14.1. The predicted octanol–water partition coefficient (Wildman–Crippen LogP) is 1.14. The predicted molar refractivity (Wildman–Crippen MR) is 44.1 cm³/mol. The van der Waals surface area contributed by atoms with Crippen LogP contribution in [0.25, 0.3) is 0 Å². The monoisotopic (exact) mass is 175 g/mol. The molecule has 0 heterocycles. The molecule has 0 aromatic carbocycles. The Hall–Kier alpha value is -1.06. The van der Waals surface area contributed by atoms with Crippen LogP contribution in [0.15, 0.2) is 11.8 Å². The molecule has 4 heteroatoms. The van der Waals surface area contributed by atoms with Gasteiger partial charge in [0.15, 0.2) is 0 Å². The summed E-state index contributed by atoms with van der Waals surface area (Å²) in [6.45, 7) is 1.85. The molecule has 0 amide bonds. The zero-order chi connectivity index (χ0) is 9.56. The van der Waals surface area contributed by atoms with Crippen molar-refractivity contribution in [3.8, 4) is 0 Å². The number of esters is 1. The van der Waals surface area contributed by atoms with Gasteiger partial charge in [0.2, 0.25) is 0 Å². The van der Waals surface area contributed by atoms with E-state index in [4.69, 9.17) is 5.73 Å². The minimum absolute atomic E-state index is 0.0660. The first-order valence-corrected chi connectivity index (χ1v) is 3.80. The number of rotatable bonds is 4. The number of hydrogen-bond donors (Lipinski definition) is 1. The first-order valence-electron chi connectivity index (χ1n) is 3.80. The molecule has 3 nitrogen and oxygen atoms in total. The molecule has 0 rings (SSSR count). The van der Waals surface area contributed by atoms with Crippen molar-refractivity contribution in [2.75, 3.05) is 7.11 Å². The second-order valence-corrected chi connectivity index (χ2v) is 2.42. The molecule has 70 valence electrons. The average molecular weight is 175 g/mol. The van der Waals surface area contributed by atoms with Crippen molar-refractivity contribution >= 4 is 5.97 Å². The van der Waals surface area contributed by atoms with Crippen molar-refractivity contribution in [3.05, 3.63) is 11.8 Å². The Labute approximate surface area is 71.4 Å². The number of alkyl halides is 1. The molecule has 0 aromatic heterocycles. The third-order valence-corrected chi connectivity index (χ3v) is 1.39. The van der Waals surface area contributed by atoms with E-state index in [1.54, 1.807) is 0 Å². The summed E-state index contributed by atoms with van der Waals surface area (Å²) in [4.78, 5) is 10.6. The smallest absolute Gasteiger partial charge is 0.332 e. The van der Waals surface area contributed by atoms with Gasteiger partial charge in [-0.3, -0.25) is 0 Å². The fourth-order valence-corrected chi connectivity index (χ4v) is 0.706. The van der Waals surface area contributed by atoms with Crippen LogP contribution in [-0.2, 0) is 9.53 Å². The van der Waals surface area contributed by atoms with Gasteiger partial charge in [-0.05, 0) is 6.42 Å². The Kier molecular flexibility index (Phi) is 5.08. The maximum absolute atomic E-state index is 12.9. The maximum atomic E-state index is 12.9. The van der Waals surface area contributed by atoms with E-state index in [1.807, 2.05) is 6.92 Å². The van der Waals surface area contributed by atoms with Gasteiger partial charge >= 0.3 is 5.97 Å². The number of carbonyl (C=O) groups is 1. The van der Waals surface area contributed by atoms with Crippen molar-refractivity contribution in [2.24, 2.45) is 5.73 Å². The number of allylic oxidation sites excluding steroid dienone is 1. The molecule has 0 aliphatic rings. The number of halogens is 1. The molecule has 0 radical (unpaired) electrons. The van der Waals surface area contributed by atoms with Crippen molar-refractivity contribution in [3.63, 3.8) is 0 Å². The molecule has 0 fully saturated rings. The third-order valence-electron chi connectivity index (χ3n) is 1.39. The van der Waals surface area contributed by atoms with Crippen molar-refractivity contribution in [1.29, 1.82) is 0 Å². The van der Waals surface area contributed by atoms with Gasteiger partial charge in [0.05, 0.1) is 12.8 Å². The Morgan fingerprint density at radius 3 is 2.75 bits per heavy atom. The van der Waals surface area contributed by atoms with Crippen LogP contribution in [0.1, 0.15) is 19.8 Å². The fourth-order valence-electron chi connectivity index (χ4n) is 0.706. The van der Waals surface area contributed by atoms with Crippen LogP contribution in [0, 0.1) is 0 Å². The minimum atomic E-state index is -1.24. The van der Waals surface area contributed by atoms with E-state index in [0.717, 1.165) is 6.08 Å². The van der Waals surface area contributed by atoms with Crippen LogP contribution in [-0.4, -0.2) is 19.3 Å². The molecule has 12 heavy (non-hydrogen) atoms. The minimum Gasteiger partial charge on any atom is -0.466 e. The highest BCUT2D eigenvalue weighted by molar-refractivity contribution is 5.82. The molecule has 0 saturated heterocycles. The van der Waals surface area contributed by atoms with Gasteiger partial charge < -0.3 is 10.5 Å². The molecule has 1 unspecified atom stereocenters. The van der Waals surface area contributed by atoms with Gasteiger partial charge in [0.1, 0.15) is 6.17 Å². The second kappa shape index (κ2) is 5.57. The van der Waals surface area contributed by atoms with Gasteiger partial charge in [-0.1, -0.05) is 13.3 Å². The summed E-state index contributed by atoms with van der Waals surface area (Å²) in [6, 6.07) is 0. The summed E-state index contributed by atoms with van der Waals surface area (Å²) in [5.74, 6) is -0.619. The molecule has 0 saturated carbocycles. The van der Waals surface area contributed by atoms with E-state index in [2.05, 4.69) is 4.74 Å². The summed E-state index contributed by atoms with van der Waals surface area (Å²) in [7, 11) is 1.22. The summed E-state index contributed by atoms with van der Waals surface area (Å²) in [6.07, 6.45) is 0.755. The van der Waals surface area contributed by atoms with Gasteiger partial charge in [0.25, 0.3) is 0 Å². The highest BCUT2D eigenvalue weighted by atomic mass is 19.1. The number of methoxy groups -OCH3 is 1. The Morgan fingerprint density at radius 1 is 1.75 bits per heavy atom. The average Bonchev–Trinajstić information content (AvgIpc) is 2.04.